The summed E-state index contributed by atoms with van der Waals surface area (Å²) in [7, 11) is -5.24. The largest absolute Gasteiger partial charge is 0.756 e. The topological polar surface area (TPSA) is 284 Å². The lowest BCUT2D eigenvalue weighted by atomic mass is 10.0. The van der Waals surface area contributed by atoms with Crippen molar-refractivity contribution in [3.63, 3.8) is 0 Å². The number of nitrogens with one attached hydrogen (secondary N) is 1. The molecule has 10 atom stereocenters. The Bertz CT molecular complexity index is 2030. The van der Waals surface area contributed by atoms with Crippen molar-refractivity contribution >= 4 is 60.4 Å². The van der Waals surface area contributed by atoms with Gasteiger partial charge >= 0.3 is 6.72 Å². The minimum Gasteiger partial charge on any atom is -0.756 e. The molecule has 2 unspecified atom stereocenters. The lowest BCUT2D eigenvalue weighted by Gasteiger charge is -2.34. The second kappa shape index (κ2) is 10.5. The first kappa shape index (κ1) is 30.3. The molecular weight excluding hydrogens is 681 g/mol. The van der Waals surface area contributed by atoms with E-state index in [4.69, 9.17) is 55.6 Å². The van der Waals surface area contributed by atoms with Crippen LogP contribution in [0.3, 0.4) is 0 Å². The third kappa shape index (κ3) is 4.78. The Morgan fingerprint density at radius 3 is 2.63 bits per heavy atom. The van der Waals surface area contributed by atoms with Gasteiger partial charge in [-0.15, -0.1) is 0 Å². The first-order chi connectivity index (χ1) is 21.8. The number of aromatic amines is 1. The Balaban J connectivity index is 1.14. The van der Waals surface area contributed by atoms with Crippen molar-refractivity contribution in [2.75, 3.05) is 31.3 Å². The molecule has 4 aromatic heterocycles. The third-order valence-electron chi connectivity index (χ3n) is 7.99. The first-order valence-corrected chi connectivity index (χ1v) is 17.4. The molecular formula is C21H22FN10O11P2S-. The van der Waals surface area contributed by atoms with Crippen molar-refractivity contribution in [2.45, 2.75) is 48.6 Å². The smallest absolute Gasteiger partial charge is 0.325 e. The second-order valence-corrected chi connectivity index (χ2v) is 15.0. The van der Waals surface area contributed by atoms with Gasteiger partial charge in [-0.3, -0.25) is 28.0 Å². The highest BCUT2D eigenvalue weighted by Crippen LogP contribution is 2.57. The summed E-state index contributed by atoms with van der Waals surface area (Å²) in [5.74, 6) is -0.172. The molecule has 4 bridgehead atoms. The molecule has 4 aliphatic rings. The fourth-order valence-corrected chi connectivity index (χ4v) is 8.34. The zero-order chi connectivity index (χ0) is 32.2. The molecule has 6 N–H and O–H groups in total. The number of hydrogen-bond donors (Lipinski definition) is 4. The molecule has 4 aliphatic heterocycles. The summed E-state index contributed by atoms with van der Waals surface area (Å²) in [4.78, 5) is 59.3. The van der Waals surface area contributed by atoms with Gasteiger partial charge in [-0.25, -0.2) is 24.3 Å². The number of alkyl halides is 1. The zero-order valence-electron chi connectivity index (χ0n) is 22.9. The maximum Gasteiger partial charge on any atom is 0.325 e. The highest BCUT2D eigenvalue weighted by atomic mass is 32.5. The van der Waals surface area contributed by atoms with E-state index in [1.807, 2.05) is 0 Å². The van der Waals surface area contributed by atoms with E-state index in [-0.39, 0.29) is 40.7 Å². The monoisotopic (exact) mass is 703 g/mol. The summed E-state index contributed by atoms with van der Waals surface area (Å²) < 4.78 is 71.4. The van der Waals surface area contributed by atoms with Crippen LogP contribution in [-0.4, -0.2) is 99.9 Å². The molecule has 4 saturated heterocycles. The van der Waals surface area contributed by atoms with Crippen LogP contribution in [0.2, 0.25) is 0 Å². The Hall–Kier alpha value is -3.05. The predicted molar refractivity (Wildman–Crippen MR) is 149 cm³/mol. The molecule has 0 radical (unpaired) electrons. The molecule has 0 amide bonds. The lowest BCUT2D eigenvalue weighted by Crippen LogP contribution is -2.46. The molecule has 0 saturated carbocycles. The van der Waals surface area contributed by atoms with Gasteiger partial charge in [0.1, 0.15) is 41.9 Å². The van der Waals surface area contributed by atoms with Crippen LogP contribution in [0, 0.1) is 0 Å². The number of aromatic nitrogens is 8. The van der Waals surface area contributed by atoms with Gasteiger partial charge in [0.05, 0.1) is 32.5 Å². The highest BCUT2D eigenvalue weighted by molar-refractivity contribution is 8.07. The molecule has 46 heavy (non-hydrogen) atoms. The standard InChI is InChI=1S/C21H23FN10O11P2S/c22-8-7-1-38-44(34,35)43-13-12-19(31-5-27-9-14(23)25-4-26-15(9)31)41-21(13,2-37-12)3-39-45(36,46)42-11(8)18(40-7)32-6-28-10-16(32)29-20(24)30-17(10)33/h4-8,11-13,18-19H,1-3H2,(H,34,35)(H,36,46)(H2,23,25,26)(H3,24,29,30,33)/p-1/t7-,8+,11-,12-,13+,18-,19-,21-,45?/m1/s1. The number of imidazole rings is 2. The van der Waals surface area contributed by atoms with E-state index in [0.717, 1.165) is 10.9 Å². The number of rotatable bonds is 2. The van der Waals surface area contributed by atoms with Crippen LogP contribution in [0.1, 0.15) is 12.5 Å². The summed E-state index contributed by atoms with van der Waals surface area (Å²) in [6.07, 6.45) is -6.83. The zero-order valence-corrected chi connectivity index (χ0v) is 25.5. The quantitative estimate of drug-likeness (QED) is 0.173. The van der Waals surface area contributed by atoms with E-state index in [2.05, 4.69) is 29.9 Å². The molecule has 8 heterocycles. The molecule has 0 aromatic carbocycles. The van der Waals surface area contributed by atoms with E-state index in [1.165, 1.54) is 17.2 Å². The fourth-order valence-electron chi connectivity index (χ4n) is 5.94. The minimum absolute atomic E-state index is 0.0970. The van der Waals surface area contributed by atoms with Crippen molar-refractivity contribution in [3.8, 4) is 0 Å². The maximum atomic E-state index is 15.9. The molecule has 0 spiro atoms. The number of ether oxygens (including phenoxy) is 3. The molecule has 21 nitrogen and oxygen atoms in total. The average Bonchev–Trinajstić information content (AvgIpc) is 3.80. The molecule has 246 valence electrons. The van der Waals surface area contributed by atoms with Crippen molar-refractivity contribution in [1.29, 1.82) is 0 Å². The fraction of sp³-hybridized carbons (Fsp3) is 0.524. The number of fused-ring (bicyclic) bond motifs is 4. The molecule has 0 aliphatic carbocycles. The normalized spacial score (nSPS) is 39.7. The van der Waals surface area contributed by atoms with Crippen LogP contribution < -0.4 is 21.9 Å². The number of anilines is 2. The summed E-state index contributed by atoms with van der Waals surface area (Å²) in [5.41, 5.74) is 9.46. The van der Waals surface area contributed by atoms with Crippen LogP contribution in [0.15, 0.2) is 23.8 Å². The maximum absolute atomic E-state index is 15.9. The molecule has 4 fully saturated rings. The summed E-state index contributed by atoms with van der Waals surface area (Å²) >= 11 is 5.25. The van der Waals surface area contributed by atoms with Crippen LogP contribution in [0.4, 0.5) is 16.2 Å². The number of nitrogens with two attached hydrogens (primary N) is 2. The van der Waals surface area contributed by atoms with Gasteiger partial charge in [-0.1, -0.05) is 0 Å². The first-order valence-electron chi connectivity index (χ1n) is 13.4. The number of phosphoric acid groups is 1. The van der Waals surface area contributed by atoms with Crippen molar-refractivity contribution in [2.24, 2.45) is 0 Å². The van der Waals surface area contributed by atoms with E-state index < -0.39 is 82.0 Å². The number of hydrogen-bond acceptors (Lipinski definition) is 18. The Labute approximate surface area is 259 Å². The molecule has 25 heteroatoms. The third-order valence-corrected chi connectivity index (χ3v) is 10.5. The average molecular weight is 703 g/mol. The van der Waals surface area contributed by atoms with Crippen molar-refractivity contribution < 1.29 is 51.0 Å². The van der Waals surface area contributed by atoms with Gasteiger partial charge in [0.15, 0.2) is 41.3 Å². The second-order valence-electron chi connectivity index (χ2n) is 10.8. The van der Waals surface area contributed by atoms with Crippen LogP contribution in [0.5, 0.6) is 0 Å². The van der Waals surface area contributed by atoms with Crippen LogP contribution in [0.25, 0.3) is 22.3 Å². The number of H-pyrrole nitrogens is 1. The van der Waals surface area contributed by atoms with Crippen molar-refractivity contribution in [1.82, 2.24) is 39.0 Å². The molecule has 8 rings (SSSR count). The number of nitrogens with zero attached hydrogens (tertiary/aromatic N) is 7. The SMILES string of the molecule is Nc1nc2c(ncn2[C@@H]2O[C@@H]3COP(=O)([O-])O[C@H]4[C@H]5OC[C@]4(COP(O)(=S)O[C@@H]2[C@H]3F)O[C@H]5n2cnc3c(N)ncnc32)c(=O)[nH]1. The van der Waals surface area contributed by atoms with E-state index in [1.54, 1.807) is 0 Å². The van der Waals surface area contributed by atoms with Gasteiger partial charge in [0.25, 0.3) is 13.4 Å². The summed E-state index contributed by atoms with van der Waals surface area (Å²) in [6.45, 7) is -6.13. The highest BCUT2D eigenvalue weighted by Gasteiger charge is 2.65. The Kier molecular flexibility index (Phi) is 6.90. The van der Waals surface area contributed by atoms with Crippen LogP contribution in [-0.2, 0) is 48.7 Å². The Morgan fingerprint density at radius 1 is 1.07 bits per heavy atom. The van der Waals surface area contributed by atoms with E-state index in [9.17, 15) is 19.1 Å². The van der Waals surface area contributed by atoms with Crippen molar-refractivity contribution in [3.05, 3.63) is 29.3 Å². The van der Waals surface area contributed by atoms with Gasteiger partial charge in [0.2, 0.25) is 5.95 Å². The van der Waals surface area contributed by atoms with Gasteiger partial charge in [-0.05, 0) is 11.8 Å². The van der Waals surface area contributed by atoms with Gasteiger partial charge in [-0.2, -0.15) is 4.98 Å². The number of phosphoric ester groups is 1. The van der Waals surface area contributed by atoms with E-state index in [0.29, 0.717) is 0 Å². The predicted octanol–water partition coefficient (Wildman–Crippen LogP) is -1.47. The summed E-state index contributed by atoms with van der Waals surface area (Å²) in [6, 6.07) is 0. The van der Waals surface area contributed by atoms with E-state index >= 15 is 4.39 Å². The van der Waals surface area contributed by atoms with Crippen LogP contribution >= 0.6 is 14.5 Å². The van der Waals surface area contributed by atoms with Gasteiger partial charge in [0, 0.05) is 0 Å². The number of nitrogen functional groups attached to an aromatic ring is 2. The van der Waals surface area contributed by atoms with Gasteiger partial charge < -0.3 is 49.0 Å². The molecule has 4 aromatic rings. The number of halogens is 1. The lowest BCUT2D eigenvalue weighted by molar-refractivity contribution is -0.236. The minimum atomic E-state index is -5.24. The Morgan fingerprint density at radius 2 is 1.83 bits per heavy atom. The summed E-state index contributed by atoms with van der Waals surface area (Å²) in [5, 5.41) is 0.